The van der Waals surface area contributed by atoms with Gasteiger partial charge >= 0.3 is 0 Å². The van der Waals surface area contributed by atoms with Crippen LogP contribution in [0.5, 0.6) is 0 Å². The molecule has 0 atom stereocenters. The third kappa shape index (κ3) is 3.36. The Morgan fingerprint density at radius 2 is 1.88 bits per heavy atom. The number of nitrogens with one attached hydrogen (secondary N) is 1. The zero-order valence-corrected chi connectivity index (χ0v) is 10.8. The van der Waals surface area contributed by atoms with Crippen LogP contribution < -0.4 is 11.1 Å². The van der Waals surface area contributed by atoms with Crippen LogP contribution >= 0.6 is 12.4 Å². The first-order valence-corrected chi connectivity index (χ1v) is 6.17. The standard InChI is InChI=1S/C12H22N2O.ClH/c1-9-2-4-10(5-3-9)8-14-11(15)12(13)6-7-12;/h9-10H,2-8,13H2,1H3,(H,14,15);1H. The van der Waals surface area contributed by atoms with Crippen LogP contribution in [0.25, 0.3) is 0 Å². The normalized spacial score (nSPS) is 31.4. The smallest absolute Gasteiger partial charge is 0.240 e. The number of nitrogens with two attached hydrogens (primary N) is 1. The third-order valence-electron chi connectivity index (χ3n) is 3.93. The van der Waals surface area contributed by atoms with E-state index in [9.17, 15) is 4.79 Å². The van der Waals surface area contributed by atoms with E-state index in [0.29, 0.717) is 5.92 Å². The van der Waals surface area contributed by atoms with Gasteiger partial charge in [-0.2, -0.15) is 0 Å². The van der Waals surface area contributed by atoms with Crippen LogP contribution in [0.2, 0.25) is 0 Å². The summed E-state index contributed by atoms with van der Waals surface area (Å²) in [6, 6.07) is 0. The molecule has 16 heavy (non-hydrogen) atoms. The van der Waals surface area contributed by atoms with Gasteiger partial charge in [-0.25, -0.2) is 0 Å². The maximum absolute atomic E-state index is 11.6. The largest absolute Gasteiger partial charge is 0.354 e. The summed E-state index contributed by atoms with van der Waals surface area (Å²) < 4.78 is 0. The second kappa shape index (κ2) is 5.37. The summed E-state index contributed by atoms with van der Waals surface area (Å²) in [4.78, 5) is 11.6. The van der Waals surface area contributed by atoms with Gasteiger partial charge in [0.25, 0.3) is 0 Å². The Labute approximate surface area is 104 Å². The van der Waals surface area contributed by atoms with Gasteiger partial charge in [0, 0.05) is 6.54 Å². The lowest BCUT2D eigenvalue weighted by Gasteiger charge is -2.26. The SMILES string of the molecule is CC1CCC(CNC(=O)C2(N)CC2)CC1.Cl. The topological polar surface area (TPSA) is 55.1 Å². The number of carbonyl (C=O) groups is 1. The molecule has 2 fully saturated rings. The van der Waals surface area contributed by atoms with E-state index in [1.165, 1.54) is 25.7 Å². The fourth-order valence-electron chi connectivity index (χ4n) is 2.31. The maximum Gasteiger partial charge on any atom is 0.240 e. The highest BCUT2D eigenvalue weighted by Gasteiger charge is 2.45. The summed E-state index contributed by atoms with van der Waals surface area (Å²) in [5.41, 5.74) is 5.32. The lowest BCUT2D eigenvalue weighted by Crippen LogP contribution is -2.44. The van der Waals surface area contributed by atoms with Crippen molar-refractivity contribution in [2.45, 2.75) is 51.0 Å². The lowest BCUT2D eigenvalue weighted by molar-refractivity contribution is -0.123. The molecule has 2 aliphatic carbocycles. The van der Waals surface area contributed by atoms with Crippen molar-refractivity contribution in [3.8, 4) is 0 Å². The molecule has 4 heteroatoms. The Hall–Kier alpha value is -0.280. The van der Waals surface area contributed by atoms with Crippen LogP contribution in [0.3, 0.4) is 0 Å². The first-order chi connectivity index (χ1) is 7.10. The molecule has 0 unspecified atom stereocenters. The van der Waals surface area contributed by atoms with E-state index < -0.39 is 5.54 Å². The van der Waals surface area contributed by atoms with Crippen molar-refractivity contribution in [1.82, 2.24) is 5.32 Å². The zero-order chi connectivity index (χ0) is 10.9. The fourth-order valence-corrected chi connectivity index (χ4v) is 2.31. The zero-order valence-electron chi connectivity index (χ0n) is 10.00. The van der Waals surface area contributed by atoms with Crippen LogP contribution in [0.15, 0.2) is 0 Å². The molecular weight excluding hydrogens is 224 g/mol. The molecule has 3 nitrogen and oxygen atoms in total. The number of hydrogen-bond donors (Lipinski definition) is 2. The average Bonchev–Trinajstić information content (AvgIpc) is 2.97. The molecule has 0 aromatic rings. The minimum Gasteiger partial charge on any atom is -0.354 e. The summed E-state index contributed by atoms with van der Waals surface area (Å²) in [7, 11) is 0. The lowest BCUT2D eigenvalue weighted by atomic mass is 9.83. The molecule has 0 aliphatic heterocycles. The minimum absolute atomic E-state index is 0. The molecule has 94 valence electrons. The van der Waals surface area contributed by atoms with Crippen molar-refractivity contribution in [3.05, 3.63) is 0 Å². The van der Waals surface area contributed by atoms with Gasteiger partial charge in [0.05, 0.1) is 5.54 Å². The van der Waals surface area contributed by atoms with E-state index in [0.717, 1.165) is 25.3 Å². The summed E-state index contributed by atoms with van der Waals surface area (Å²) in [5.74, 6) is 1.63. The van der Waals surface area contributed by atoms with Gasteiger partial charge in [0.1, 0.15) is 0 Å². The molecule has 2 aliphatic rings. The summed E-state index contributed by atoms with van der Waals surface area (Å²) >= 11 is 0. The minimum atomic E-state index is -0.498. The molecule has 0 saturated heterocycles. The first-order valence-electron chi connectivity index (χ1n) is 6.17. The molecule has 2 rings (SSSR count). The van der Waals surface area contributed by atoms with Gasteiger partial charge in [-0.05, 0) is 37.5 Å². The van der Waals surface area contributed by atoms with Crippen molar-refractivity contribution < 1.29 is 4.79 Å². The fraction of sp³-hybridized carbons (Fsp3) is 0.917. The van der Waals surface area contributed by atoms with Crippen molar-refractivity contribution in [2.24, 2.45) is 17.6 Å². The van der Waals surface area contributed by atoms with Gasteiger partial charge in [0.2, 0.25) is 5.91 Å². The molecule has 0 spiro atoms. The number of hydrogen-bond acceptors (Lipinski definition) is 2. The number of carbonyl (C=O) groups excluding carboxylic acids is 1. The number of rotatable bonds is 3. The van der Waals surface area contributed by atoms with Gasteiger partial charge in [0.15, 0.2) is 0 Å². The Balaban J connectivity index is 0.00000128. The van der Waals surface area contributed by atoms with E-state index in [2.05, 4.69) is 12.2 Å². The molecule has 1 amide bonds. The van der Waals surface area contributed by atoms with Gasteiger partial charge in [-0.3, -0.25) is 4.79 Å². The Bertz CT molecular complexity index is 245. The number of halogens is 1. The van der Waals surface area contributed by atoms with E-state index >= 15 is 0 Å². The summed E-state index contributed by atoms with van der Waals surface area (Å²) in [6.07, 6.45) is 6.88. The average molecular weight is 247 g/mol. The van der Waals surface area contributed by atoms with Crippen molar-refractivity contribution in [1.29, 1.82) is 0 Å². The predicted molar refractivity (Wildman–Crippen MR) is 67.5 cm³/mol. The van der Waals surface area contributed by atoms with Crippen molar-refractivity contribution in [3.63, 3.8) is 0 Å². The van der Waals surface area contributed by atoms with Gasteiger partial charge < -0.3 is 11.1 Å². The molecular formula is C12H23ClN2O. The predicted octanol–water partition coefficient (Wildman–Crippen LogP) is 1.84. The molecule has 0 aromatic carbocycles. The van der Waals surface area contributed by atoms with Crippen LogP contribution in [0.4, 0.5) is 0 Å². The molecule has 3 N–H and O–H groups in total. The monoisotopic (exact) mass is 246 g/mol. The van der Waals surface area contributed by atoms with Crippen molar-refractivity contribution in [2.75, 3.05) is 6.54 Å². The van der Waals surface area contributed by atoms with E-state index in [4.69, 9.17) is 5.73 Å². The van der Waals surface area contributed by atoms with Crippen LogP contribution in [-0.2, 0) is 4.79 Å². The van der Waals surface area contributed by atoms with Crippen LogP contribution in [-0.4, -0.2) is 18.0 Å². The quantitative estimate of drug-likeness (QED) is 0.799. The molecule has 0 aromatic heterocycles. The highest BCUT2D eigenvalue weighted by atomic mass is 35.5. The summed E-state index contributed by atoms with van der Waals surface area (Å²) in [5, 5.41) is 3.01. The Morgan fingerprint density at radius 3 is 2.38 bits per heavy atom. The molecule has 2 saturated carbocycles. The number of amides is 1. The second-order valence-electron chi connectivity index (χ2n) is 5.49. The van der Waals surface area contributed by atoms with Crippen LogP contribution in [0, 0.1) is 11.8 Å². The molecule has 0 heterocycles. The third-order valence-corrected chi connectivity index (χ3v) is 3.93. The molecule has 0 radical (unpaired) electrons. The van der Waals surface area contributed by atoms with Gasteiger partial charge in [-0.1, -0.05) is 19.8 Å². The first kappa shape index (κ1) is 13.8. The highest BCUT2D eigenvalue weighted by molar-refractivity contribution is 5.88. The highest BCUT2D eigenvalue weighted by Crippen LogP contribution is 2.32. The van der Waals surface area contributed by atoms with Crippen molar-refractivity contribution >= 4 is 18.3 Å². The summed E-state index contributed by atoms with van der Waals surface area (Å²) in [6.45, 7) is 3.15. The van der Waals surface area contributed by atoms with E-state index in [-0.39, 0.29) is 18.3 Å². The van der Waals surface area contributed by atoms with E-state index in [1.807, 2.05) is 0 Å². The van der Waals surface area contributed by atoms with Gasteiger partial charge in [-0.15, -0.1) is 12.4 Å². The van der Waals surface area contributed by atoms with Crippen LogP contribution in [0.1, 0.15) is 45.4 Å². The van der Waals surface area contributed by atoms with E-state index in [1.54, 1.807) is 0 Å². The Kier molecular flexibility index (Phi) is 4.62. The maximum atomic E-state index is 11.6. The molecule has 0 bridgehead atoms. The Morgan fingerprint density at radius 1 is 1.31 bits per heavy atom. The second-order valence-corrected chi connectivity index (χ2v) is 5.49.